The van der Waals surface area contributed by atoms with Crippen LogP contribution in [0.15, 0.2) is 52.3 Å². The average molecular weight is 380 g/mol. The molecule has 27 heavy (non-hydrogen) atoms. The first-order chi connectivity index (χ1) is 13.0. The summed E-state index contributed by atoms with van der Waals surface area (Å²) in [6, 6.07) is 12.1. The van der Waals surface area contributed by atoms with Crippen LogP contribution < -0.4 is 5.56 Å². The molecule has 6 nitrogen and oxygen atoms in total. The number of aryl methyl sites for hydroxylation is 1. The Bertz CT molecular complexity index is 1200. The first-order valence-electron chi connectivity index (χ1n) is 8.15. The van der Waals surface area contributed by atoms with Crippen LogP contribution in [0.5, 0.6) is 0 Å². The number of aromatic nitrogens is 2. The van der Waals surface area contributed by atoms with Crippen LogP contribution in [0.25, 0.3) is 17.3 Å². The van der Waals surface area contributed by atoms with Gasteiger partial charge in [0, 0.05) is 23.0 Å². The summed E-state index contributed by atoms with van der Waals surface area (Å²) in [5.74, 6) is -1.15. The molecule has 2 N–H and O–H groups in total. The van der Waals surface area contributed by atoms with Gasteiger partial charge in [0.1, 0.15) is 0 Å². The molecule has 2 aromatic carbocycles. The standard InChI is InChI=1S/C20H14ClN3O3/c1-11-15(8-12-10-22-18-5-3-2-4-14(12)18)19(25)24(23-11)13-6-7-17(21)16(9-13)20(26)27/h2-10,23H,1H3,(H,26,27)/b12-8-. The topological polar surface area (TPSA) is 87.5 Å². The maximum Gasteiger partial charge on any atom is 0.337 e. The quantitative estimate of drug-likeness (QED) is 0.718. The fourth-order valence-corrected chi connectivity index (χ4v) is 3.24. The number of carboxylic acids is 1. The van der Waals surface area contributed by atoms with Crippen LogP contribution in [0.3, 0.4) is 0 Å². The van der Waals surface area contributed by atoms with Crippen molar-refractivity contribution in [2.45, 2.75) is 6.92 Å². The highest BCUT2D eigenvalue weighted by atomic mass is 35.5. The van der Waals surface area contributed by atoms with Crippen molar-refractivity contribution in [2.24, 2.45) is 4.99 Å². The van der Waals surface area contributed by atoms with Gasteiger partial charge >= 0.3 is 5.97 Å². The lowest BCUT2D eigenvalue weighted by molar-refractivity contribution is 0.0697. The van der Waals surface area contributed by atoms with Crippen LogP contribution in [0.1, 0.15) is 27.2 Å². The van der Waals surface area contributed by atoms with E-state index in [1.165, 1.54) is 16.8 Å². The third-order valence-corrected chi connectivity index (χ3v) is 4.74. The second-order valence-electron chi connectivity index (χ2n) is 6.14. The molecule has 134 valence electrons. The van der Waals surface area contributed by atoms with Gasteiger partial charge in [-0.3, -0.25) is 14.9 Å². The molecule has 3 aromatic rings. The zero-order valence-electron chi connectivity index (χ0n) is 14.2. The molecule has 1 aliphatic heterocycles. The summed E-state index contributed by atoms with van der Waals surface area (Å²) in [5.41, 5.74) is 3.87. The van der Waals surface area contributed by atoms with Gasteiger partial charge in [0.25, 0.3) is 5.56 Å². The molecule has 1 aromatic heterocycles. The van der Waals surface area contributed by atoms with E-state index in [0.29, 0.717) is 16.9 Å². The second kappa shape index (κ2) is 6.41. The molecule has 0 unspecified atom stereocenters. The van der Waals surface area contributed by atoms with E-state index in [0.717, 1.165) is 16.8 Å². The normalized spacial score (nSPS) is 13.9. The van der Waals surface area contributed by atoms with E-state index in [4.69, 9.17) is 11.6 Å². The van der Waals surface area contributed by atoms with Crippen molar-refractivity contribution in [3.63, 3.8) is 0 Å². The average Bonchev–Trinajstić information content (AvgIpc) is 3.18. The van der Waals surface area contributed by atoms with Crippen LogP contribution in [-0.2, 0) is 0 Å². The van der Waals surface area contributed by atoms with Crippen LogP contribution in [0, 0.1) is 6.92 Å². The van der Waals surface area contributed by atoms with Gasteiger partial charge in [-0.05, 0) is 37.3 Å². The summed E-state index contributed by atoms with van der Waals surface area (Å²) in [5, 5.41) is 12.3. The summed E-state index contributed by atoms with van der Waals surface area (Å²) in [7, 11) is 0. The molecule has 0 fully saturated rings. The first kappa shape index (κ1) is 17.1. The maximum atomic E-state index is 12.9. The summed E-state index contributed by atoms with van der Waals surface area (Å²) in [6.45, 7) is 1.79. The molecule has 0 aliphatic carbocycles. The number of benzene rings is 2. The fraction of sp³-hybridized carbons (Fsp3) is 0.0500. The smallest absolute Gasteiger partial charge is 0.337 e. The van der Waals surface area contributed by atoms with Crippen molar-refractivity contribution in [3.05, 3.63) is 80.2 Å². The Hall–Kier alpha value is -3.38. The number of aromatic amines is 1. The van der Waals surface area contributed by atoms with E-state index in [1.807, 2.05) is 24.3 Å². The summed E-state index contributed by atoms with van der Waals surface area (Å²) < 4.78 is 1.31. The monoisotopic (exact) mass is 379 g/mol. The highest BCUT2D eigenvalue weighted by molar-refractivity contribution is 6.33. The Balaban J connectivity index is 1.82. The van der Waals surface area contributed by atoms with Crippen molar-refractivity contribution >= 4 is 41.1 Å². The van der Waals surface area contributed by atoms with Crippen molar-refractivity contribution in [1.29, 1.82) is 0 Å². The number of para-hydroxylation sites is 1. The Morgan fingerprint density at radius 1 is 1.26 bits per heavy atom. The van der Waals surface area contributed by atoms with E-state index in [1.54, 1.807) is 25.3 Å². The molecule has 0 saturated heterocycles. The number of fused-ring (bicyclic) bond motifs is 1. The van der Waals surface area contributed by atoms with Gasteiger partial charge in [0.15, 0.2) is 0 Å². The molecule has 0 atom stereocenters. The molecular formula is C20H14ClN3O3. The Kier molecular flexibility index (Phi) is 4.05. The summed E-state index contributed by atoms with van der Waals surface area (Å²) in [4.78, 5) is 28.6. The molecule has 0 amide bonds. The lowest BCUT2D eigenvalue weighted by Crippen LogP contribution is -2.16. The van der Waals surface area contributed by atoms with E-state index in [9.17, 15) is 14.7 Å². The van der Waals surface area contributed by atoms with E-state index in [2.05, 4.69) is 10.1 Å². The number of halogens is 1. The Morgan fingerprint density at radius 2 is 2.04 bits per heavy atom. The van der Waals surface area contributed by atoms with Gasteiger partial charge in [-0.1, -0.05) is 29.8 Å². The number of nitrogens with zero attached hydrogens (tertiary/aromatic N) is 2. The number of H-pyrrole nitrogens is 1. The van der Waals surface area contributed by atoms with Crippen LogP contribution in [-0.4, -0.2) is 27.1 Å². The number of hydrogen-bond acceptors (Lipinski definition) is 3. The van der Waals surface area contributed by atoms with E-state index >= 15 is 0 Å². The minimum atomic E-state index is -1.15. The molecule has 0 radical (unpaired) electrons. The number of hydrogen-bond donors (Lipinski definition) is 2. The number of carboxylic acid groups (broad SMARTS) is 1. The molecule has 4 rings (SSSR count). The summed E-state index contributed by atoms with van der Waals surface area (Å²) >= 11 is 5.91. The highest BCUT2D eigenvalue weighted by Gasteiger charge is 2.17. The van der Waals surface area contributed by atoms with Gasteiger partial charge in [-0.25, -0.2) is 9.48 Å². The third-order valence-electron chi connectivity index (χ3n) is 4.41. The van der Waals surface area contributed by atoms with Crippen molar-refractivity contribution < 1.29 is 9.90 Å². The number of aliphatic imine (C=N–C) groups is 1. The van der Waals surface area contributed by atoms with Crippen LogP contribution >= 0.6 is 11.6 Å². The predicted molar refractivity (Wildman–Crippen MR) is 106 cm³/mol. The van der Waals surface area contributed by atoms with Crippen molar-refractivity contribution in [2.75, 3.05) is 0 Å². The van der Waals surface area contributed by atoms with Crippen LogP contribution in [0.2, 0.25) is 5.02 Å². The third kappa shape index (κ3) is 2.90. The SMILES string of the molecule is Cc1[nH]n(-c2ccc(Cl)c(C(=O)O)c2)c(=O)c1/C=C1/C=Nc2ccccc21. The van der Waals surface area contributed by atoms with Gasteiger partial charge in [-0.15, -0.1) is 0 Å². The second-order valence-corrected chi connectivity index (χ2v) is 6.54. The zero-order chi connectivity index (χ0) is 19.1. The first-order valence-corrected chi connectivity index (χ1v) is 8.53. The number of allylic oxidation sites excluding steroid dienone is 1. The lowest BCUT2D eigenvalue weighted by atomic mass is 10.0. The van der Waals surface area contributed by atoms with Gasteiger partial charge in [0.05, 0.1) is 27.5 Å². The minimum Gasteiger partial charge on any atom is -0.478 e. The number of nitrogens with one attached hydrogen (secondary N) is 1. The lowest BCUT2D eigenvalue weighted by Gasteiger charge is -2.04. The molecule has 0 saturated carbocycles. The van der Waals surface area contributed by atoms with E-state index < -0.39 is 5.97 Å². The molecular weight excluding hydrogens is 366 g/mol. The highest BCUT2D eigenvalue weighted by Crippen LogP contribution is 2.32. The molecule has 0 bridgehead atoms. The zero-order valence-corrected chi connectivity index (χ0v) is 15.0. The predicted octanol–water partition coefficient (Wildman–Crippen LogP) is 4.08. The number of rotatable bonds is 3. The van der Waals surface area contributed by atoms with Crippen LogP contribution in [0.4, 0.5) is 5.69 Å². The van der Waals surface area contributed by atoms with Gasteiger partial charge in [-0.2, -0.15) is 0 Å². The Morgan fingerprint density at radius 3 is 2.81 bits per heavy atom. The fourth-order valence-electron chi connectivity index (χ4n) is 3.04. The Labute approximate surface area is 159 Å². The van der Waals surface area contributed by atoms with Gasteiger partial charge in [0.2, 0.25) is 0 Å². The van der Waals surface area contributed by atoms with E-state index in [-0.39, 0.29) is 16.1 Å². The minimum absolute atomic E-state index is 0.0647. The molecule has 1 aliphatic rings. The summed E-state index contributed by atoms with van der Waals surface area (Å²) in [6.07, 6.45) is 3.51. The number of carbonyl (C=O) groups is 1. The molecule has 2 heterocycles. The molecule has 7 heteroatoms. The molecule has 0 spiro atoms. The largest absolute Gasteiger partial charge is 0.478 e. The van der Waals surface area contributed by atoms with Crippen molar-refractivity contribution in [3.8, 4) is 5.69 Å². The maximum absolute atomic E-state index is 12.9. The number of aromatic carboxylic acids is 1. The van der Waals surface area contributed by atoms with Gasteiger partial charge < -0.3 is 5.11 Å². The van der Waals surface area contributed by atoms with Crippen molar-refractivity contribution in [1.82, 2.24) is 9.78 Å².